The molecule has 0 aromatic heterocycles. The summed E-state index contributed by atoms with van der Waals surface area (Å²) in [6, 6.07) is 0. The second-order valence-corrected chi connectivity index (χ2v) is 4.82. The Morgan fingerprint density at radius 2 is 1.67 bits per heavy atom. The minimum absolute atomic E-state index is 0.147. The minimum atomic E-state index is 0.147. The normalized spacial score (nSPS) is 49.0. The molecule has 2 aliphatic heterocycles. The second kappa shape index (κ2) is 2.24. The van der Waals surface area contributed by atoms with E-state index in [1.807, 2.05) is 0 Å². The maximum absolute atomic E-state index is 5.51. The zero-order valence-electron chi connectivity index (χ0n) is 8.39. The number of epoxide rings is 2. The minimum Gasteiger partial charge on any atom is -0.367 e. The van der Waals surface area contributed by atoms with E-state index >= 15 is 0 Å². The summed E-state index contributed by atoms with van der Waals surface area (Å²) < 4.78 is 11.0. The van der Waals surface area contributed by atoms with Gasteiger partial charge in [0.1, 0.15) is 0 Å². The van der Waals surface area contributed by atoms with Crippen LogP contribution in [0.2, 0.25) is 0 Å². The summed E-state index contributed by atoms with van der Waals surface area (Å²) in [6.45, 7) is 8.63. The van der Waals surface area contributed by atoms with E-state index in [0.717, 1.165) is 12.8 Å². The van der Waals surface area contributed by atoms with Crippen molar-refractivity contribution in [3.8, 4) is 0 Å². The van der Waals surface area contributed by atoms with Crippen LogP contribution in [0.4, 0.5) is 0 Å². The third kappa shape index (κ3) is 1.38. The molecule has 0 radical (unpaired) electrons. The summed E-state index contributed by atoms with van der Waals surface area (Å²) in [5, 5.41) is 0. The van der Waals surface area contributed by atoms with Gasteiger partial charge in [-0.25, -0.2) is 0 Å². The molecule has 0 bridgehead atoms. The molecule has 0 aromatic carbocycles. The molecule has 0 amide bonds. The molecule has 70 valence electrons. The van der Waals surface area contributed by atoms with Crippen LogP contribution < -0.4 is 0 Å². The molecule has 0 saturated carbocycles. The van der Waals surface area contributed by atoms with Crippen LogP contribution in [0, 0.1) is 0 Å². The van der Waals surface area contributed by atoms with E-state index in [4.69, 9.17) is 9.47 Å². The van der Waals surface area contributed by atoms with Crippen molar-refractivity contribution in [1.29, 1.82) is 0 Å². The van der Waals surface area contributed by atoms with Crippen molar-refractivity contribution < 1.29 is 9.47 Å². The molecule has 0 spiro atoms. The van der Waals surface area contributed by atoms with Gasteiger partial charge in [-0.05, 0) is 40.5 Å². The summed E-state index contributed by atoms with van der Waals surface area (Å²) in [6.07, 6.45) is 3.22. The van der Waals surface area contributed by atoms with E-state index in [0.29, 0.717) is 12.2 Å². The van der Waals surface area contributed by atoms with Crippen LogP contribution in [0.3, 0.4) is 0 Å². The second-order valence-electron chi connectivity index (χ2n) is 4.82. The molecule has 3 atom stereocenters. The fourth-order valence-corrected chi connectivity index (χ4v) is 1.79. The third-order valence-electron chi connectivity index (χ3n) is 3.32. The maximum Gasteiger partial charge on any atom is 0.0918 e. The van der Waals surface area contributed by atoms with E-state index in [1.165, 1.54) is 0 Å². The molecular formula is C10H18O2. The number of hydrogen-bond donors (Lipinski definition) is 0. The van der Waals surface area contributed by atoms with Gasteiger partial charge in [-0.3, -0.25) is 0 Å². The summed E-state index contributed by atoms with van der Waals surface area (Å²) in [4.78, 5) is 0. The van der Waals surface area contributed by atoms with Crippen molar-refractivity contribution in [2.45, 2.75) is 63.9 Å². The highest BCUT2D eigenvalue weighted by Gasteiger charge is 2.53. The van der Waals surface area contributed by atoms with Gasteiger partial charge >= 0.3 is 0 Å². The first kappa shape index (κ1) is 8.52. The molecular weight excluding hydrogens is 152 g/mol. The molecule has 2 saturated heterocycles. The van der Waals surface area contributed by atoms with Crippen molar-refractivity contribution in [2.24, 2.45) is 0 Å². The lowest BCUT2D eigenvalue weighted by atomic mass is 9.98. The van der Waals surface area contributed by atoms with Gasteiger partial charge in [-0.15, -0.1) is 0 Å². The Kier molecular flexibility index (Phi) is 1.59. The summed E-state index contributed by atoms with van der Waals surface area (Å²) in [7, 11) is 0. The van der Waals surface area contributed by atoms with Crippen molar-refractivity contribution >= 4 is 0 Å². The van der Waals surface area contributed by atoms with Crippen LogP contribution in [0.5, 0.6) is 0 Å². The van der Waals surface area contributed by atoms with E-state index in [1.54, 1.807) is 0 Å². The number of rotatable bonds is 3. The molecule has 2 heteroatoms. The van der Waals surface area contributed by atoms with Gasteiger partial charge < -0.3 is 9.47 Å². The molecule has 12 heavy (non-hydrogen) atoms. The molecule has 2 nitrogen and oxygen atoms in total. The van der Waals surface area contributed by atoms with E-state index < -0.39 is 0 Å². The predicted molar refractivity (Wildman–Crippen MR) is 47.1 cm³/mol. The fourth-order valence-electron chi connectivity index (χ4n) is 1.79. The largest absolute Gasteiger partial charge is 0.367 e. The molecule has 2 rings (SSSR count). The quantitative estimate of drug-likeness (QED) is 0.606. The van der Waals surface area contributed by atoms with Gasteiger partial charge in [0.25, 0.3) is 0 Å². The standard InChI is InChI=1S/C10H18O2/c1-7-10(4,11-7)6-5-8-9(2,3)12-8/h7-8H,5-6H2,1-4H3. The molecule has 0 N–H and O–H groups in total. The van der Waals surface area contributed by atoms with Crippen molar-refractivity contribution in [2.75, 3.05) is 0 Å². The lowest BCUT2D eigenvalue weighted by Crippen LogP contribution is -2.11. The van der Waals surface area contributed by atoms with Crippen LogP contribution in [0.15, 0.2) is 0 Å². The Hall–Kier alpha value is -0.0800. The average molecular weight is 170 g/mol. The first-order valence-corrected chi connectivity index (χ1v) is 4.80. The molecule has 0 aliphatic carbocycles. The molecule has 2 aliphatic rings. The summed E-state index contributed by atoms with van der Waals surface area (Å²) >= 11 is 0. The molecule has 3 unspecified atom stereocenters. The van der Waals surface area contributed by atoms with Crippen LogP contribution >= 0.6 is 0 Å². The van der Waals surface area contributed by atoms with Crippen LogP contribution in [-0.4, -0.2) is 23.4 Å². The van der Waals surface area contributed by atoms with Gasteiger partial charge in [0.05, 0.1) is 23.4 Å². The number of hydrogen-bond acceptors (Lipinski definition) is 2. The smallest absolute Gasteiger partial charge is 0.0918 e. The Labute approximate surface area is 74.2 Å². The summed E-state index contributed by atoms with van der Waals surface area (Å²) in [5.74, 6) is 0. The zero-order valence-corrected chi connectivity index (χ0v) is 8.39. The van der Waals surface area contributed by atoms with Crippen molar-refractivity contribution in [3.05, 3.63) is 0 Å². The fraction of sp³-hybridized carbons (Fsp3) is 1.00. The highest BCUT2D eigenvalue weighted by atomic mass is 16.6. The molecule has 0 aromatic rings. The summed E-state index contributed by atoms with van der Waals surface area (Å²) in [5.41, 5.74) is 0.316. The molecule has 2 heterocycles. The van der Waals surface area contributed by atoms with Crippen LogP contribution in [0.25, 0.3) is 0 Å². The SMILES string of the molecule is CC1OC1(C)CCC1OC1(C)C. The monoisotopic (exact) mass is 170 g/mol. The Morgan fingerprint density at radius 1 is 1.17 bits per heavy atom. The van der Waals surface area contributed by atoms with Gasteiger partial charge in [0.15, 0.2) is 0 Å². The van der Waals surface area contributed by atoms with Crippen molar-refractivity contribution in [3.63, 3.8) is 0 Å². The third-order valence-corrected chi connectivity index (χ3v) is 3.32. The van der Waals surface area contributed by atoms with Gasteiger partial charge in [-0.2, -0.15) is 0 Å². The first-order valence-electron chi connectivity index (χ1n) is 4.80. The van der Waals surface area contributed by atoms with E-state index in [2.05, 4.69) is 27.7 Å². The lowest BCUT2D eigenvalue weighted by Gasteiger charge is -2.03. The van der Waals surface area contributed by atoms with E-state index in [9.17, 15) is 0 Å². The maximum atomic E-state index is 5.51. The Bertz CT molecular complexity index is 200. The lowest BCUT2D eigenvalue weighted by molar-refractivity contribution is 0.277. The van der Waals surface area contributed by atoms with Gasteiger partial charge in [0.2, 0.25) is 0 Å². The topological polar surface area (TPSA) is 25.1 Å². The average Bonchev–Trinajstić information content (AvgIpc) is 2.72. The van der Waals surface area contributed by atoms with Crippen molar-refractivity contribution in [1.82, 2.24) is 0 Å². The Morgan fingerprint density at radius 3 is 2.00 bits per heavy atom. The predicted octanol–water partition coefficient (Wildman–Crippen LogP) is 2.12. The molecule has 2 fully saturated rings. The first-order chi connectivity index (χ1) is 5.44. The highest BCUT2D eigenvalue weighted by molar-refractivity contribution is 5.01. The van der Waals surface area contributed by atoms with Crippen LogP contribution in [-0.2, 0) is 9.47 Å². The van der Waals surface area contributed by atoms with Gasteiger partial charge in [-0.1, -0.05) is 0 Å². The van der Waals surface area contributed by atoms with Crippen LogP contribution in [0.1, 0.15) is 40.5 Å². The van der Waals surface area contributed by atoms with E-state index in [-0.39, 0.29) is 11.2 Å². The van der Waals surface area contributed by atoms with Gasteiger partial charge in [0, 0.05) is 0 Å². The Balaban J connectivity index is 1.71. The number of ether oxygens (including phenoxy) is 2. The highest BCUT2D eigenvalue weighted by Crippen LogP contribution is 2.45. The zero-order chi connectivity index (χ0) is 8.98.